The molecule has 1 heterocycles. The van der Waals surface area contributed by atoms with Crippen LogP contribution < -0.4 is 5.32 Å². The van der Waals surface area contributed by atoms with E-state index in [0.717, 1.165) is 22.4 Å². The van der Waals surface area contributed by atoms with Crippen LogP contribution in [0.1, 0.15) is 43.6 Å². The minimum atomic E-state index is -0.574. The number of amides is 1. The highest BCUT2D eigenvalue weighted by atomic mass is 16.3. The van der Waals surface area contributed by atoms with Crippen LogP contribution in [0.3, 0.4) is 0 Å². The van der Waals surface area contributed by atoms with Gasteiger partial charge in [-0.25, -0.2) is 0 Å². The normalized spacial score (nSPS) is 16.6. The van der Waals surface area contributed by atoms with E-state index in [-0.39, 0.29) is 11.3 Å². The lowest BCUT2D eigenvalue weighted by Gasteiger charge is -2.28. The first kappa shape index (κ1) is 12.1. The Hall–Kier alpha value is -1.35. The fourth-order valence-electron chi connectivity index (χ4n) is 2.22. The van der Waals surface area contributed by atoms with Gasteiger partial charge in [0.1, 0.15) is 0 Å². The van der Waals surface area contributed by atoms with E-state index in [9.17, 15) is 9.90 Å². The summed E-state index contributed by atoms with van der Waals surface area (Å²) in [6, 6.07) is 3.96. The molecule has 92 valence electrons. The summed E-state index contributed by atoms with van der Waals surface area (Å²) >= 11 is 0. The molecule has 17 heavy (non-hydrogen) atoms. The first-order valence-corrected chi connectivity index (χ1v) is 5.90. The lowest BCUT2D eigenvalue weighted by Crippen LogP contribution is -2.19. The Morgan fingerprint density at radius 1 is 1.35 bits per heavy atom. The summed E-state index contributed by atoms with van der Waals surface area (Å²) < 4.78 is 0. The average Bonchev–Trinajstić information content (AvgIpc) is 2.54. The summed E-state index contributed by atoms with van der Waals surface area (Å²) in [4.78, 5) is 11.4. The number of fused-ring (bicyclic) bond motifs is 1. The Bertz CT molecular complexity index is 472. The van der Waals surface area contributed by atoms with Crippen molar-refractivity contribution in [1.82, 2.24) is 0 Å². The number of hydrogen-bond donors (Lipinski definition) is 2. The van der Waals surface area contributed by atoms with Gasteiger partial charge in [-0.15, -0.1) is 0 Å². The van der Waals surface area contributed by atoms with Crippen molar-refractivity contribution in [3.05, 3.63) is 28.8 Å². The number of anilines is 1. The van der Waals surface area contributed by atoms with E-state index >= 15 is 0 Å². The van der Waals surface area contributed by atoms with E-state index in [1.807, 2.05) is 39.8 Å². The second-order valence-corrected chi connectivity index (χ2v) is 5.88. The maximum absolute atomic E-state index is 11.4. The minimum Gasteiger partial charge on any atom is -0.388 e. The Labute approximate surface area is 102 Å². The number of nitrogens with one attached hydrogen (secondary N) is 1. The number of aliphatic hydroxyl groups excluding tert-OH is 1. The van der Waals surface area contributed by atoms with E-state index in [2.05, 4.69) is 5.32 Å². The molecule has 2 N–H and O–H groups in total. The summed E-state index contributed by atoms with van der Waals surface area (Å²) in [6.07, 6.45) is -0.157. The van der Waals surface area contributed by atoms with Gasteiger partial charge in [0.15, 0.2) is 0 Å². The molecular formula is C14H19NO2. The summed E-state index contributed by atoms with van der Waals surface area (Å²) in [6.45, 7) is 7.96. The second-order valence-electron chi connectivity index (χ2n) is 5.88. The van der Waals surface area contributed by atoms with Crippen molar-refractivity contribution in [2.24, 2.45) is 5.41 Å². The highest BCUT2D eigenvalue weighted by Gasteiger charge is 2.30. The number of carbonyl (C=O) groups is 1. The van der Waals surface area contributed by atoms with Gasteiger partial charge in [0, 0.05) is 5.56 Å². The molecule has 3 heteroatoms. The van der Waals surface area contributed by atoms with Gasteiger partial charge in [0.05, 0.1) is 18.2 Å². The van der Waals surface area contributed by atoms with E-state index in [1.54, 1.807) is 0 Å². The number of rotatable bonds is 1. The van der Waals surface area contributed by atoms with E-state index in [4.69, 9.17) is 0 Å². The van der Waals surface area contributed by atoms with Crippen LogP contribution in [-0.2, 0) is 11.2 Å². The summed E-state index contributed by atoms with van der Waals surface area (Å²) in [7, 11) is 0. The van der Waals surface area contributed by atoms with Crippen molar-refractivity contribution in [2.75, 3.05) is 5.32 Å². The number of hydrogen-bond acceptors (Lipinski definition) is 2. The predicted molar refractivity (Wildman–Crippen MR) is 67.9 cm³/mol. The first-order chi connectivity index (χ1) is 7.79. The highest BCUT2D eigenvalue weighted by molar-refractivity contribution is 6.00. The minimum absolute atomic E-state index is 0.00737. The van der Waals surface area contributed by atoms with Crippen LogP contribution >= 0.6 is 0 Å². The van der Waals surface area contributed by atoms with Gasteiger partial charge in [-0.3, -0.25) is 4.79 Å². The van der Waals surface area contributed by atoms with Gasteiger partial charge in [-0.1, -0.05) is 38.5 Å². The summed E-state index contributed by atoms with van der Waals surface area (Å²) in [5, 5.41) is 13.2. The Balaban J connectivity index is 2.52. The third kappa shape index (κ3) is 2.20. The highest BCUT2D eigenvalue weighted by Crippen LogP contribution is 2.40. The van der Waals surface area contributed by atoms with Gasteiger partial charge in [-0.2, -0.15) is 0 Å². The molecular weight excluding hydrogens is 214 g/mol. The molecule has 0 fully saturated rings. The van der Waals surface area contributed by atoms with Crippen LogP contribution in [0.15, 0.2) is 12.1 Å². The average molecular weight is 233 g/mol. The number of aliphatic hydroxyl groups is 1. The van der Waals surface area contributed by atoms with Crippen molar-refractivity contribution in [3.63, 3.8) is 0 Å². The molecule has 0 radical (unpaired) electrons. The lowest BCUT2D eigenvalue weighted by molar-refractivity contribution is -0.115. The third-order valence-corrected chi connectivity index (χ3v) is 3.13. The molecule has 3 nitrogen and oxygen atoms in total. The molecule has 1 amide bonds. The van der Waals surface area contributed by atoms with Crippen LogP contribution in [0.25, 0.3) is 0 Å². The van der Waals surface area contributed by atoms with E-state index < -0.39 is 6.10 Å². The standard InChI is InChI=1S/C14H19NO2/c1-8-5-9-7-11(16)15-12(9)10(6-8)13(17)14(2,3)4/h5-6,13,17H,7H2,1-4H3,(H,15,16). The Morgan fingerprint density at radius 3 is 2.59 bits per heavy atom. The molecule has 1 unspecified atom stereocenters. The molecule has 1 aromatic carbocycles. The molecule has 1 atom stereocenters. The molecule has 0 bridgehead atoms. The van der Waals surface area contributed by atoms with Gasteiger partial charge in [-0.05, 0) is 17.9 Å². The smallest absolute Gasteiger partial charge is 0.228 e. The monoisotopic (exact) mass is 233 g/mol. The largest absolute Gasteiger partial charge is 0.388 e. The van der Waals surface area contributed by atoms with Crippen molar-refractivity contribution >= 4 is 11.6 Å². The van der Waals surface area contributed by atoms with Crippen molar-refractivity contribution in [1.29, 1.82) is 0 Å². The maximum atomic E-state index is 11.4. The Kier molecular flexibility index (Phi) is 2.74. The van der Waals surface area contributed by atoms with E-state index in [1.165, 1.54) is 0 Å². The fraction of sp³-hybridized carbons (Fsp3) is 0.500. The molecule has 1 aliphatic heterocycles. The summed E-state index contributed by atoms with van der Waals surface area (Å²) in [5.74, 6) is 0.00737. The zero-order valence-corrected chi connectivity index (χ0v) is 10.8. The zero-order valence-electron chi connectivity index (χ0n) is 10.8. The topological polar surface area (TPSA) is 49.3 Å². The molecule has 2 rings (SSSR count). The zero-order chi connectivity index (χ0) is 12.8. The van der Waals surface area contributed by atoms with Gasteiger partial charge in [0.2, 0.25) is 5.91 Å². The maximum Gasteiger partial charge on any atom is 0.228 e. The van der Waals surface area contributed by atoms with Crippen molar-refractivity contribution in [3.8, 4) is 0 Å². The molecule has 0 aliphatic carbocycles. The SMILES string of the molecule is Cc1cc2c(c(C(O)C(C)(C)C)c1)NC(=O)C2. The Morgan fingerprint density at radius 2 is 2.00 bits per heavy atom. The number of benzene rings is 1. The van der Waals surface area contributed by atoms with Gasteiger partial charge in [0.25, 0.3) is 0 Å². The quantitative estimate of drug-likeness (QED) is 0.783. The lowest BCUT2D eigenvalue weighted by atomic mass is 9.83. The van der Waals surface area contributed by atoms with Crippen LogP contribution in [0.4, 0.5) is 5.69 Å². The molecule has 1 aromatic rings. The first-order valence-electron chi connectivity index (χ1n) is 5.90. The van der Waals surface area contributed by atoms with E-state index in [0.29, 0.717) is 6.42 Å². The molecule has 1 aliphatic rings. The summed E-state index contributed by atoms with van der Waals surface area (Å²) in [5.41, 5.74) is 3.47. The molecule has 0 spiro atoms. The van der Waals surface area contributed by atoms with Crippen LogP contribution in [0.2, 0.25) is 0 Å². The van der Waals surface area contributed by atoms with Gasteiger partial charge >= 0.3 is 0 Å². The third-order valence-electron chi connectivity index (χ3n) is 3.13. The van der Waals surface area contributed by atoms with Gasteiger partial charge < -0.3 is 10.4 Å². The molecule has 0 aromatic heterocycles. The second kappa shape index (κ2) is 3.84. The fourth-order valence-corrected chi connectivity index (χ4v) is 2.22. The molecule has 0 saturated carbocycles. The number of aryl methyl sites for hydroxylation is 1. The number of carbonyl (C=O) groups excluding carboxylic acids is 1. The predicted octanol–water partition coefficient (Wildman–Crippen LogP) is 2.57. The molecule has 0 saturated heterocycles. The van der Waals surface area contributed by atoms with Crippen LogP contribution in [0.5, 0.6) is 0 Å². The van der Waals surface area contributed by atoms with Crippen LogP contribution in [0, 0.1) is 12.3 Å². The van der Waals surface area contributed by atoms with Crippen LogP contribution in [-0.4, -0.2) is 11.0 Å². The van der Waals surface area contributed by atoms with Crippen molar-refractivity contribution < 1.29 is 9.90 Å². The van der Waals surface area contributed by atoms with Crippen molar-refractivity contribution in [2.45, 2.75) is 40.2 Å².